The van der Waals surface area contributed by atoms with Crippen LogP contribution in [0.4, 0.5) is 15.8 Å². The van der Waals surface area contributed by atoms with Gasteiger partial charge in [-0.2, -0.15) is 0 Å². The van der Waals surface area contributed by atoms with E-state index in [0.717, 1.165) is 0 Å². The first kappa shape index (κ1) is 17.7. The van der Waals surface area contributed by atoms with Crippen LogP contribution < -0.4 is 19.7 Å². The molecule has 1 fully saturated rings. The molecule has 0 aliphatic carbocycles. The van der Waals surface area contributed by atoms with Crippen molar-refractivity contribution in [2.24, 2.45) is 5.92 Å². The second kappa shape index (κ2) is 7.43. The van der Waals surface area contributed by atoms with Gasteiger partial charge in [-0.3, -0.25) is 9.59 Å². The minimum atomic E-state index is -0.486. The number of amides is 2. The number of nitrogens with zero attached hydrogens (tertiary/aromatic N) is 1. The van der Waals surface area contributed by atoms with Gasteiger partial charge in [-0.05, 0) is 36.4 Å². The summed E-state index contributed by atoms with van der Waals surface area (Å²) in [6, 6.07) is 10.7. The number of methoxy groups -OCH3 is 2. The number of halogens is 1. The first-order chi connectivity index (χ1) is 12.5. The van der Waals surface area contributed by atoms with Gasteiger partial charge in [0.05, 0.1) is 20.1 Å². The molecule has 0 bridgehead atoms. The highest BCUT2D eigenvalue weighted by Crippen LogP contribution is 2.31. The van der Waals surface area contributed by atoms with Crippen LogP contribution in [0.3, 0.4) is 0 Å². The van der Waals surface area contributed by atoms with Crippen LogP contribution >= 0.6 is 0 Å². The number of hydrogen-bond acceptors (Lipinski definition) is 4. The largest absolute Gasteiger partial charge is 0.493 e. The van der Waals surface area contributed by atoms with Gasteiger partial charge in [-0.15, -0.1) is 0 Å². The quantitative estimate of drug-likeness (QED) is 0.892. The van der Waals surface area contributed by atoms with Crippen molar-refractivity contribution < 1.29 is 23.5 Å². The molecule has 0 radical (unpaired) electrons. The Balaban J connectivity index is 1.69. The predicted molar refractivity (Wildman–Crippen MR) is 95.0 cm³/mol. The second-order valence-corrected chi connectivity index (χ2v) is 5.94. The van der Waals surface area contributed by atoms with Crippen LogP contribution in [0, 0.1) is 11.7 Å². The maximum atomic E-state index is 13.0. The minimum Gasteiger partial charge on any atom is -0.493 e. The third-order valence-electron chi connectivity index (χ3n) is 4.29. The van der Waals surface area contributed by atoms with Gasteiger partial charge in [0.15, 0.2) is 11.5 Å². The lowest BCUT2D eigenvalue weighted by Crippen LogP contribution is -2.28. The fourth-order valence-electron chi connectivity index (χ4n) is 2.91. The van der Waals surface area contributed by atoms with Crippen LogP contribution in [0.1, 0.15) is 6.42 Å². The number of nitrogens with one attached hydrogen (secondary N) is 1. The van der Waals surface area contributed by atoms with Crippen molar-refractivity contribution in [2.75, 3.05) is 31.0 Å². The van der Waals surface area contributed by atoms with Crippen LogP contribution in [0.15, 0.2) is 42.5 Å². The third-order valence-corrected chi connectivity index (χ3v) is 4.29. The summed E-state index contributed by atoms with van der Waals surface area (Å²) < 4.78 is 23.4. The first-order valence-electron chi connectivity index (χ1n) is 8.10. The molecule has 1 aliphatic heterocycles. The normalized spacial score (nSPS) is 16.5. The van der Waals surface area contributed by atoms with Crippen LogP contribution in [-0.2, 0) is 9.59 Å². The molecule has 1 saturated heterocycles. The molecule has 3 rings (SSSR count). The molecule has 2 amide bonds. The Morgan fingerprint density at radius 3 is 2.46 bits per heavy atom. The lowest BCUT2D eigenvalue weighted by molar-refractivity contribution is -0.122. The van der Waals surface area contributed by atoms with E-state index in [2.05, 4.69) is 5.32 Å². The number of ether oxygens (including phenoxy) is 2. The molecular formula is C19H19FN2O4. The molecule has 1 aliphatic rings. The summed E-state index contributed by atoms with van der Waals surface area (Å²) in [6.07, 6.45) is 0.108. The molecule has 0 aromatic heterocycles. The summed E-state index contributed by atoms with van der Waals surface area (Å²) in [4.78, 5) is 26.2. The second-order valence-electron chi connectivity index (χ2n) is 5.94. The average Bonchev–Trinajstić information content (AvgIpc) is 3.04. The molecule has 1 N–H and O–H groups in total. The molecule has 2 aromatic carbocycles. The average molecular weight is 358 g/mol. The van der Waals surface area contributed by atoms with Crippen LogP contribution in [0.5, 0.6) is 11.5 Å². The van der Waals surface area contributed by atoms with E-state index < -0.39 is 5.92 Å². The van der Waals surface area contributed by atoms with Crippen molar-refractivity contribution in [3.05, 3.63) is 48.3 Å². The number of rotatable bonds is 5. The van der Waals surface area contributed by atoms with Crippen molar-refractivity contribution in [3.8, 4) is 11.5 Å². The number of benzene rings is 2. The molecule has 1 unspecified atom stereocenters. The molecule has 1 heterocycles. The fraction of sp³-hybridized carbons (Fsp3) is 0.263. The van der Waals surface area contributed by atoms with Crippen molar-refractivity contribution in [2.45, 2.75) is 6.42 Å². The van der Waals surface area contributed by atoms with Crippen LogP contribution in [-0.4, -0.2) is 32.6 Å². The predicted octanol–water partition coefficient (Wildman–Crippen LogP) is 2.83. The smallest absolute Gasteiger partial charge is 0.229 e. The Bertz CT molecular complexity index is 823. The topological polar surface area (TPSA) is 67.9 Å². The fourth-order valence-corrected chi connectivity index (χ4v) is 2.91. The van der Waals surface area contributed by atoms with E-state index in [4.69, 9.17) is 9.47 Å². The molecule has 6 nitrogen and oxygen atoms in total. The summed E-state index contributed by atoms with van der Waals surface area (Å²) in [5.74, 6) is -0.215. The maximum Gasteiger partial charge on any atom is 0.229 e. The summed E-state index contributed by atoms with van der Waals surface area (Å²) >= 11 is 0. The summed E-state index contributed by atoms with van der Waals surface area (Å²) in [6.45, 7) is 0.254. The first-order valence-corrected chi connectivity index (χ1v) is 8.10. The summed E-state index contributed by atoms with van der Waals surface area (Å²) in [5, 5.41) is 2.80. The summed E-state index contributed by atoms with van der Waals surface area (Å²) in [7, 11) is 3.05. The molecular weight excluding hydrogens is 339 g/mol. The van der Waals surface area contributed by atoms with E-state index in [1.807, 2.05) is 0 Å². The Morgan fingerprint density at radius 2 is 1.81 bits per heavy atom. The molecule has 7 heteroatoms. The highest BCUT2D eigenvalue weighted by Gasteiger charge is 2.35. The van der Waals surface area contributed by atoms with Gasteiger partial charge in [0.1, 0.15) is 5.82 Å². The molecule has 0 saturated carbocycles. The zero-order valence-electron chi connectivity index (χ0n) is 14.5. The monoisotopic (exact) mass is 358 g/mol. The van der Waals surface area contributed by atoms with Crippen molar-refractivity contribution in [3.63, 3.8) is 0 Å². The lowest BCUT2D eigenvalue weighted by atomic mass is 10.1. The van der Waals surface area contributed by atoms with Crippen molar-refractivity contribution >= 4 is 23.2 Å². The Labute approximate surface area is 150 Å². The summed E-state index contributed by atoms with van der Waals surface area (Å²) in [5.41, 5.74) is 1.14. The van der Waals surface area contributed by atoms with E-state index >= 15 is 0 Å². The van der Waals surface area contributed by atoms with Gasteiger partial charge in [-0.25, -0.2) is 4.39 Å². The minimum absolute atomic E-state index is 0.108. The molecule has 1 atom stereocenters. The third kappa shape index (κ3) is 3.61. The number of carbonyl (C=O) groups is 2. The van der Waals surface area contributed by atoms with E-state index in [0.29, 0.717) is 22.9 Å². The number of hydrogen-bond donors (Lipinski definition) is 1. The van der Waals surface area contributed by atoms with E-state index in [1.165, 1.54) is 43.4 Å². The van der Waals surface area contributed by atoms with Gasteiger partial charge in [0.2, 0.25) is 11.8 Å². The number of carbonyl (C=O) groups excluding carboxylic acids is 2. The van der Waals surface area contributed by atoms with Gasteiger partial charge in [-0.1, -0.05) is 0 Å². The Morgan fingerprint density at radius 1 is 1.12 bits per heavy atom. The standard InChI is InChI=1S/C19H19FN2O4/c1-25-16-8-5-14(10-17(16)26-2)21-19(24)12-9-18(23)22(11-12)15-6-3-13(20)4-7-15/h3-8,10,12H,9,11H2,1-2H3,(H,21,24). The number of anilines is 2. The van der Waals surface area contributed by atoms with E-state index in [-0.39, 0.29) is 30.6 Å². The van der Waals surface area contributed by atoms with Gasteiger partial charge in [0.25, 0.3) is 0 Å². The maximum absolute atomic E-state index is 13.0. The van der Waals surface area contributed by atoms with E-state index in [1.54, 1.807) is 18.2 Å². The van der Waals surface area contributed by atoms with Crippen molar-refractivity contribution in [1.29, 1.82) is 0 Å². The highest BCUT2D eigenvalue weighted by molar-refractivity contribution is 6.03. The van der Waals surface area contributed by atoms with Gasteiger partial charge >= 0.3 is 0 Å². The molecule has 136 valence electrons. The van der Waals surface area contributed by atoms with Crippen molar-refractivity contribution in [1.82, 2.24) is 0 Å². The van der Waals surface area contributed by atoms with Gasteiger partial charge < -0.3 is 19.7 Å². The Kier molecular flexibility index (Phi) is 5.06. The highest BCUT2D eigenvalue weighted by atomic mass is 19.1. The molecule has 0 spiro atoms. The van der Waals surface area contributed by atoms with Gasteiger partial charge in [0, 0.05) is 30.4 Å². The Hall–Kier alpha value is -3.09. The molecule has 26 heavy (non-hydrogen) atoms. The van der Waals surface area contributed by atoms with Crippen LogP contribution in [0.2, 0.25) is 0 Å². The zero-order valence-corrected chi connectivity index (χ0v) is 14.5. The van der Waals surface area contributed by atoms with E-state index in [9.17, 15) is 14.0 Å². The lowest BCUT2D eigenvalue weighted by Gasteiger charge is -2.17. The molecule has 2 aromatic rings. The van der Waals surface area contributed by atoms with Crippen LogP contribution in [0.25, 0.3) is 0 Å². The zero-order chi connectivity index (χ0) is 18.7. The SMILES string of the molecule is COc1ccc(NC(=O)C2CC(=O)N(c3ccc(F)cc3)C2)cc1OC.